The van der Waals surface area contributed by atoms with Gasteiger partial charge in [-0.25, -0.2) is 9.07 Å². The maximum atomic E-state index is 14.5. The zero-order valence-electron chi connectivity index (χ0n) is 29.8. The Hall–Kier alpha value is -5.66. The third-order valence-electron chi connectivity index (χ3n) is 10.9. The average Bonchev–Trinajstić information content (AvgIpc) is 3.56. The summed E-state index contributed by atoms with van der Waals surface area (Å²) in [6.07, 6.45) is 7.22. The summed E-state index contributed by atoms with van der Waals surface area (Å²) < 4.78 is 16.7. The van der Waals surface area contributed by atoms with Crippen molar-refractivity contribution in [3.05, 3.63) is 179 Å². The fourth-order valence-corrected chi connectivity index (χ4v) is 8.44. The van der Waals surface area contributed by atoms with Gasteiger partial charge >= 0.3 is 0 Å². The number of benzene rings is 5. The van der Waals surface area contributed by atoms with Gasteiger partial charge in [-0.05, 0) is 97.2 Å². The van der Waals surface area contributed by atoms with Gasteiger partial charge in [0.2, 0.25) is 0 Å². The van der Waals surface area contributed by atoms with E-state index < -0.39 is 11.1 Å². The predicted molar refractivity (Wildman–Crippen MR) is 210 cm³/mol. The van der Waals surface area contributed by atoms with Crippen molar-refractivity contribution in [1.29, 1.82) is 0 Å². The molecule has 8 rings (SSSR count). The number of halogens is 1. The highest BCUT2D eigenvalue weighted by Gasteiger charge is 2.41. The molecule has 1 aliphatic heterocycles. The quantitative estimate of drug-likeness (QED) is 0.148. The molecule has 3 unspecified atom stereocenters. The molecule has 53 heavy (non-hydrogen) atoms. The van der Waals surface area contributed by atoms with E-state index in [1.165, 1.54) is 6.07 Å². The predicted octanol–water partition coefficient (Wildman–Crippen LogP) is 8.91. The van der Waals surface area contributed by atoms with Crippen LogP contribution in [0.25, 0.3) is 16.5 Å². The van der Waals surface area contributed by atoms with Gasteiger partial charge in [-0.3, -0.25) is 9.79 Å². The summed E-state index contributed by atoms with van der Waals surface area (Å²) in [5.41, 5.74) is 5.01. The van der Waals surface area contributed by atoms with E-state index in [1.54, 1.807) is 18.2 Å². The monoisotopic (exact) mass is 702 g/mol. The molecule has 0 radical (unpaired) electrons. The van der Waals surface area contributed by atoms with Gasteiger partial charge in [-0.2, -0.15) is 5.10 Å². The van der Waals surface area contributed by atoms with Gasteiger partial charge in [0, 0.05) is 29.6 Å². The Bertz CT molecular complexity index is 2200. The first-order chi connectivity index (χ1) is 25.8. The molecule has 1 aliphatic carbocycles. The summed E-state index contributed by atoms with van der Waals surface area (Å²) in [6, 6.07) is 43.7. The van der Waals surface area contributed by atoms with E-state index in [1.807, 2.05) is 48.7 Å². The number of allylic oxidation sites excluding steroid dienone is 1. The lowest BCUT2D eigenvalue weighted by molar-refractivity contribution is -0.00685. The fraction of sp³-hybridized carbons (Fsp3) is 0.239. The number of rotatable bonds is 9. The van der Waals surface area contributed by atoms with Crippen molar-refractivity contribution in [2.24, 2.45) is 4.99 Å². The molecule has 6 nitrogen and oxygen atoms in total. The van der Waals surface area contributed by atoms with Crippen molar-refractivity contribution in [3.8, 4) is 0 Å². The van der Waals surface area contributed by atoms with Crippen LogP contribution in [0.2, 0.25) is 0 Å². The second kappa shape index (κ2) is 14.4. The number of aromatic nitrogens is 2. The Morgan fingerprint density at radius 1 is 0.887 bits per heavy atom. The number of amides is 1. The van der Waals surface area contributed by atoms with Gasteiger partial charge < -0.3 is 10.4 Å². The molecule has 2 aliphatic rings. The molecule has 7 heteroatoms. The van der Waals surface area contributed by atoms with Gasteiger partial charge in [0.15, 0.2) is 0 Å². The van der Waals surface area contributed by atoms with Crippen LogP contribution in [0.15, 0.2) is 145 Å². The Morgan fingerprint density at radius 2 is 1.51 bits per heavy atom. The SMILES string of the molecule is CC1CC(c2nn(C(c3ccccc3)(c3ccccc3)c3ccccc3)c3ccc(C(=O)NC4CCCC(O)(Cc5ccccc5F)C4)cc23)=CC=N1. The topological polar surface area (TPSA) is 79.5 Å². The van der Waals surface area contributed by atoms with E-state index in [4.69, 9.17) is 5.10 Å². The third kappa shape index (κ3) is 6.62. The van der Waals surface area contributed by atoms with Gasteiger partial charge in [0.05, 0.1) is 22.9 Å². The van der Waals surface area contributed by atoms with Crippen LogP contribution in [0.5, 0.6) is 0 Å². The number of nitrogens with one attached hydrogen (secondary N) is 1. The molecule has 266 valence electrons. The minimum absolute atomic E-state index is 0.0956. The van der Waals surface area contributed by atoms with Crippen LogP contribution in [0.1, 0.15) is 77.3 Å². The molecular formula is C46H43FN4O2. The van der Waals surface area contributed by atoms with Crippen LogP contribution in [0, 0.1) is 5.82 Å². The normalized spacial score (nSPS) is 20.2. The number of hydrogen-bond donors (Lipinski definition) is 2. The van der Waals surface area contributed by atoms with E-state index in [9.17, 15) is 14.3 Å². The molecule has 0 spiro atoms. The van der Waals surface area contributed by atoms with Crippen molar-refractivity contribution in [1.82, 2.24) is 15.1 Å². The van der Waals surface area contributed by atoms with Crippen LogP contribution in [-0.2, 0) is 12.0 Å². The molecule has 0 saturated heterocycles. The van der Waals surface area contributed by atoms with Crippen molar-refractivity contribution in [2.75, 3.05) is 0 Å². The van der Waals surface area contributed by atoms with E-state index in [2.05, 4.69) is 94.7 Å². The van der Waals surface area contributed by atoms with Crippen molar-refractivity contribution in [3.63, 3.8) is 0 Å². The van der Waals surface area contributed by atoms with Gasteiger partial charge in [0.1, 0.15) is 11.4 Å². The lowest BCUT2D eigenvalue weighted by atomic mass is 9.77. The highest BCUT2D eigenvalue weighted by atomic mass is 19.1. The summed E-state index contributed by atoms with van der Waals surface area (Å²) in [4.78, 5) is 18.7. The largest absolute Gasteiger partial charge is 0.389 e. The summed E-state index contributed by atoms with van der Waals surface area (Å²) in [5, 5.41) is 21.2. The zero-order chi connectivity index (χ0) is 36.4. The van der Waals surface area contributed by atoms with Crippen LogP contribution < -0.4 is 5.32 Å². The Kier molecular flexibility index (Phi) is 9.35. The van der Waals surface area contributed by atoms with Gasteiger partial charge in [-0.1, -0.05) is 109 Å². The van der Waals surface area contributed by atoms with Crippen LogP contribution in [0.3, 0.4) is 0 Å². The summed E-state index contributed by atoms with van der Waals surface area (Å²) in [6.45, 7) is 2.10. The molecule has 1 saturated carbocycles. The number of carbonyl (C=O) groups excluding carboxylic acids is 1. The molecule has 1 aromatic heterocycles. The first-order valence-electron chi connectivity index (χ1n) is 18.5. The van der Waals surface area contributed by atoms with E-state index in [0.717, 1.165) is 58.1 Å². The summed E-state index contributed by atoms with van der Waals surface area (Å²) in [5.74, 6) is -0.528. The van der Waals surface area contributed by atoms with Crippen molar-refractivity contribution >= 4 is 28.6 Å². The number of carbonyl (C=O) groups is 1. The lowest BCUT2D eigenvalue weighted by Crippen LogP contribution is -2.46. The number of dihydropyridines is 1. The molecule has 0 bridgehead atoms. The standard InChI is InChI=1S/C46H43FN4O2/c1-32-28-33(25-27-48-32)43-40-29-34(44(52)49-39-21-13-26-45(53,31-39)30-35-14-11-12-22-41(35)47)23-24-42(40)51(50-43)46(36-15-5-2-6-16-36,37-17-7-3-8-18-37)38-19-9-4-10-20-38/h2-12,14-20,22-25,27,29,32,39,53H,13,21,26,28,30-31H2,1H3,(H,49,52). The highest BCUT2D eigenvalue weighted by Crippen LogP contribution is 2.44. The van der Waals surface area contributed by atoms with Crippen molar-refractivity contribution < 1.29 is 14.3 Å². The second-order valence-corrected chi connectivity index (χ2v) is 14.6. The maximum Gasteiger partial charge on any atom is 0.251 e. The smallest absolute Gasteiger partial charge is 0.251 e. The molecule has 3 atom stereocenters. The number of hydrogen-bond acceptors (Lipinski definition) is 4. The van der Waals surface area contributed by atoms with Crippen molar-refractivity contribution in [2.45, 2.75) is 68.7 Å². The molecule has 2 N–H and O–H groups in total. The Morgan fingerprint density at radius 3 is 2.13 bits per heavy atom. The molecular weight excluding hydrogens is 660 g/mol. The first-order valence-corrected chi connectivity index (χ1v) is 18.5. The summed E-state index contributed by atoms with van der Waals surface area (Å²) in [7, 11) is 0. The number of nitrogens with zero attached hydrogens (tertiary/aromatic N) is 3. The minimum Gasteiger partial charge on any atom is -0.389 e. The van der Waals surface area contributed by atoms with Crippen LogP contribution in [0.4, 0.5) is 4.39 Å². The molecule has 5 aromatic carbocycles. The first kappa shape index (κ1) is 34.4. The van der Waals surface area contributed by atoms with Gasteiger partial charge in [-0.15, -0.1) is 0 Å². The lowest BCUT2D eigenvalue weighted by Gasteiger charge is -2.37. The highest BCUT2D eigenvalue weighted by molar-refractivity contribution is 6.02. The Balaban J connectivity index is 1.24. The molecule has 1 amide bonds. The molecule has 6 aromatic rings. The second-order valence-electron chi connectivity index (χ2n) is 14.6. The Labute approximate surface area is 309 Å². The van der Waals surface area contributed by atoms with Crippen LogP contribution in [-0.4, -0.2) is 44.7 Å². The fourth-order valence-electron chi connectivity index (χ4n) is 8.44. The van der Waals surface area contributed by atoms with E-state index in [-0.39, 0.29) is 30.2 Å². The number of aliphatic imine (C=N–C) groups is 1. The number of fused-ring (bicyclic) bond motifs is 1. The maximum absolute atomic E-state index is 14.5. The third-order valence-corrected chi connectivity index (χ3v) is 10.9. The molecule has 2 heterocycles. The van der Waals surface area contributed by atoms with E-state index in [0.29, 0.717) is 24.0 Å². The average molecular weight is 703 g/mol. The van der Waals surface area contributed by atoms with E-state index >= 15 is 0 Å². The minimum atomic E-state index is -1.10. The molecule has 1 fully saturated rings. The number of aliphatic hydroxyl groups is 1. The zero-order valence-corrected chi connectivity index (χ0v) is 29.8. The van der Waals surface area contributed by atoms with Gasteiger partial charge in [0.25, 0.3) is 5.91 Å². The van der Waals surface area contributed by atoms with Crippen LogP contribution >= 0.6 is 0 Å². The summed E-state index contributed by atoms with van der Waals surface area (Å²) >= 11 is 0.